The lowest BCUT2D eigenvalue weighted by atomic mass is 10.2. The standard InChI is InChI=1S/C8H18N2O2/c1-10(2,7-8(11)12)6-4-3-5-9/h3-7,9H2,1-2H3. The predicted molar refractivity (Wildman–Crippen MR) is 45.1 cm³/mol. The third-order valence-electron chi connectivity index (χ3n) is 1.77. The first-order chi connectivity index (χ1) is 5.48. The fourth-order valence-electron chi connectivity index (χ4n) is 1.11. The van der Waals surface area contributed by atoms with Crippen molar-refractivity contribution in [2.24, 2.45) is 5.73 Å². The quantitative estimate of drug-likeness (QED) is 0.396. The fraction of sp³-hybridized carbons (Fsp3) is 0.875. The molecule has 0 heterocycles. The topological polar surface area (TPSA) is 66.2 Å². The zero-order valence-corrected chi connectivity index (χ0v) is 7.88. The van der Waals surface area contributed by atoms with Crippen molar-refractivity contribution in [2.45, 2.75) is 12.8 Å². The van der Waals surface area contributed by atoms with E-state index in [1.807, 2.05) is 14.1 Å². The molecule has 0 aliphatic heterocycles. The molecule has 0 aromatic carbocycles. The second-order valence-electron chi connectivity index (χ2n) is 3.69. The molecule has 0 rings (SSSR count). The predicted octanol–water partition coefficient (Wildman–Crippen LogP) is -1.45. The van der Waals surface area contributed by atoms with Crippen LogP contribution in [0.3, 0.4) is 0 Å². The van der Waals surface area contributed by atoms with Gasteiger partial charge in [-0.3, -0.25) is 0 Å². The van der Waals surface area contributed by atoms with Gasteiger partial charge in [-0.25, -0.2) is 0 Å². The highest BCUT2D eigenvalue weighted by Crippen LogP contribution is 1.99. The Morgan fingerprint density at radius 1 is 1.42 bits per heavy atom. The maximum atomic E-state index is 10.3. The Labute approximate surface area is 73.6 Å². The third-order valence-corrected chi connectivity index (χ3v) is 1.77. The lowest BCUT2D eigenvalue weighted by molar-refractivity contribution is -0.885. The van der Waals surface area contributed by atoms with Gasteiger partial charge in [0, 0.05) is 0 Å². The molecule has 2 N–H and O–H groups in total. The van der Waals surface area contributed by atoms with Gasteiger partial charge in [0.15, 0.2) is 0 Å². The molecule has 0 amide bonds. The van der Waals surface area contributed by atoms with Crippen LogP contribution >= 0.6 is 0 Å². The molecule has 72 valence electrons. The van der Waals surface area contributed by atoms with Crippen molar-refractivity contribution in [2.75, 3.05) is 33.7 Å². The Balaban J connectivity index is 3.63. The van der Waals surface area contributed by atoms with Gasteiger partial charge in [0.1, 0.15) is 6.54 Å². The van der Waals surface area contributed by atoms with Crippen LogP contribution in [0.2, 0.25) is 0 Å². The zero-order chi connectivity index (χ0) is 9.61. The number of likely N-dealkylation sites (N-methyl/N-ethyl adjacent to an activating group) is 1. The van der Waals surface area contributed by atoms with E-state index in [1.54, 1.807) is 0 Å². The highest BCUT2D eigenvalue weighted by Gasteiger charge is 2.13. The summed E-state index contributed by atoms with van der Waals surface area (Å²) in [6.07, 6.45) is 1.92. The monoisotopic (exact) mass is 174 g/mol. The van der Waals surface area contributed by atoms with Crippen LogP contribution in [0.15, 0.2) is 0 Å². The molecule has 0 unspecified atom stereocenters. The summed E-state index contributed by atoms with van der Waals surface area (Å²) in [5, 5.41) is 10.3. The van der Waals surface area contributed by atoms with Crippen LogP contribution in [0.1, 0.15) is 12.8 Å². The second-order valence-corrected chi connectivity index (χ2v) is 3.69. The molecule has 0 spiro atoms. The molecular weight excluding hydrogens is 156 g/mol. The van der Waals surface area contributed by atoms with Crippen LogP contribution in [0.4, 0.5) is 0 Å². The number of nitrogens with two attached hydrogens (primary N) is 1. The molecule has 0 aliphatic carbocycles. The number of unbranched alkanes of at least 4 members (excludes halogenated alkanes) is 1. The summed E-state index contributed by atoms with van der Waals surface area (Å²) in [7, 11) is 3.76. The van der Waals surface area contributed by atoms with E-state index < -0.39 is 5.97 Å². The van der Waals surface area contributed by atoms with E-state index in [0.717, 1.165) is 19.4 Å². The van der Waals surface area contributed by atoms with Crippen molar-refractivity contribution in [1.29, 1.82) is 0 Å². The Kier molecular flexibility index (Phi) is 4.85. The number of carboxylic acids is 1. The number of quaternary nitrogens is 1. The molecule has 4 nitrogen and oxygen atoms in total. The molecule has 4 heteroatoms. The second kappa shape index (κ2) is 5.11. The van der Waals surface area contributed by atoms with E-state index in [1.165, 1.54) is 0 Å². The van der Waals surface area contributed by atoms with Gasteiger partial charge in [0.05, 0.1) is 26.6 Å². The number of aliphatic carboxylic acids is 1. The van der Waals surface area contributed by atoms with E-state index >= 15 is 0 Å². The first-order valence-electron chi connectivity index (χ1n) is 4.20. The highest BCUT2D eigenvalue weighted by molar-refractivity contribution is 5.65. The smallest absolute Gasteiger partial charge is 0.119 e. The molecule has 0 saturated heterocycles. The van der Waals surface area contributed by atoms with Gasteiger partial charge in [-0.15, -0.1) is 0 Å². The molecular formula is C8H18N2O2. The maximum absolute atomic E-state index is 10.3. The highest BCUT2D eigenvalue weighted by atomic mass is 16.4. The van der Waals surface area contributed by atoms with Crippen LogP contribution in [0, 0.1) is 0 Å². The maximum Gasteiger partial charge on any atom is 0.119 e. The Morgan fingerprint density at radius 3 is 2.42 bits per heavy atom. The van der Waals surface area contributed by atoms with Gasteiger partial charge in [0.2, 0.25) is 0 Å². The van der Waals surface area contributed by atoms with Crippen molar-refractivity contribution in [3.63, 3.8) is 0 Å². The van der Waals surface area contributed by atoms with Crippen molar-refractivity contribution in [3.8, 4) is 0 Å². The summed E-state index contributed by atoms with van der Waals surface area (Å²) in [5.74, 6) is -0.993. The van der Waals surface area contributed by atoms with Crippen molar-refractivity contribution >= 4 is 5.97 Å². The first-order valence-corrected chi connectivity index (χ1v) is 4.20. The molecule has 0 atom stereocenters. The normalized spacial score (nSPS) is 11.6. The van der Waals surface area contributed by atoms with Crippen LogP contribution in [-0.4, -0.2) is 44.2 Å². The Morgan fingerprint density at radius 2 is 2.00 bits per heavy atom. The summed E-state index contributed by atoms with van der Waals surface area (Å²) in [5.41, 5.74) is 5.32. The van der Waals surface area contributed by atoms with Gasteiger partial charge in [-0.05, 0) is 19.4 Å². The molecule has 0 bridgehead atoms. The summed E-state index contributed by atoms with van der Waals surface area (Å²) in [6.45, 7) is 1.58. The molecule has 0 aliphatic rings. The third kappa shape index (κ3) is 6.12. The summed E-state index contributed by atoms with van der Waals surface area (Å²) >= 11 is 0. The summed E-state index contributed by atoms with van der Waals surface area (Å²) in [6, 6.07) is 0. The SMILES string of the molecule is C[N+](C)(CCCCN)CC(=O)[O-]. The zero-order valence-electron chi connectivity index (χ0n) is 7.88. The average Bonchev–Trinajstić information content (AvgIpc) is 1.84. The molecule has 12 heavy (non-hydrogen) atoms. The van der Waals surface area contributed by atoms with E-state index in [0.29, 0.717) is 11.0 Å². The first kappa shape index (κ1) is 11.4. The lowest BCUT2D eigenvalue weighted by Gasteiger charge is -2.29. The molecule has 0 aromatic rings. The van der Waals surface area contributed by atoms with E-state index in [4.69, 9.17) is 5.73 Å². The van der Waals surface area contributed by atoms with Crippen LogP contribution in [-0.2, 0) is 4.79 Å². The summed E-state index contributed by atoms with van der Waals surface area (Å²) < 4.78 is 0.475. The fourth-order valence-corrected chi connectivity index (χ4v) is 1.11. The van der Waals surface area contributed by atoms with E-state index in [9.17, 15) is 9.90 Å². The summed E-state index contributed by atoms with van der Waals surface area (Å²) in [4.78, 5) is 10.3. The molecule has 0 aromatic heterocycles. The minimum absolute atomic E-state index is 0.0740. The Hall–Kier alpha value is -0.610. The largest absolute Gasteiger partial charge is 0.544 e. The average molecular weight is 174 g/mol. The van der Waals surface area contributed by atoms with Gasteiger partial charge in [-0.2, -0.15) is 0 Å². The number of hydrogen-bond donors (Lipinski definition) is 1. The number of carboxylic acid groups (broad SMARTS) is 1. The van der Waals surface area contributed by atoms with Gasteiger partial charge < -0.3 is 20.1 Å². The number of carbonyl (C=O) groups excluding carboxylic acids is 1. The van der Waals surface area contributed by atoms with Crippen molar-refractivity contribution in [3.05, 3.63) is 0 Å². The number of nitrogens with zero attached hydrogens (tertiary/aromatic N) is 1. The number of hydrogen-bond acceptors (Lipinski definition) is 3. The molecule has 0 saturated carbocycles. The van der Waals surface area contributed by atoms with Gasteiger partial charge >= 0.3 is 0 Å². The Bertz CT molecular complexity index is 146. The van der Waals surface area contributed by atoms with E-state index in [-0.39, 0.29) is 6.54 Å². The number of rotatable bonds is 6. The number of carbonyl (C=O) groups is 1. The van der Waals surface area contributed by atoms with Crippen molar-refractivity contribution in [1.82, 2.24) is 0 Å². The van der Waals surface area contributed by atoms with Crippen molar-refractivity contribution < 1.29 is 14.4 Å². The van der Waals surface area contributed by atoms with Gasteiger partial charge in [0.25, 0.3) is 0 Å². The molecule has 0 fully saturated rings. The van der Waals surface area contributed by atoms with Crippen LogP contribution in [0.5, 0.6) is 0 Å². The van der Waals surface area contributed by atoms with Crippen LogP contribution < -0.4 is 10.8 Å². The minimum atomic E-state index is -0.993. The van der Waals surface area contributed by atoms with Gasteiger partial charge in [-0.1, -0.05) is 0 Å². The molecule has 0 radical (unpaired) electrons. The minimum Gasteiger partial charge on any atom is -0.544 e. The van der Waals surface area contributed by atoms with E-state index in [2.05, 4.69) is 0 Å². The van der Waals surface area contributed by atoms with Crippen LogP contribution in [0.25, 0.3) is 0 Å². The lowest BCUT2D eigenvalue weighted by Crippen LogP contribution is -2.48.